The Morgan fingerprint density at radius 2 is 1.83 bits per heavy atom. The molecule has 0 aliphatic rings. The van der Waals surface area contributed by atoms with Crippen LogP contribution < -0.4 is 5.73 Å². The van der Waals surface area contributed by atoms with Gasteiger partial charge in [-0.1, -0.05) is 6.92 Å². The van der Waals surface area contributed by atoms with Crippen molar-refractivity contribution in [2.24, 2.45) is 12.8 Å². The molecular formula is C13H15F2N3. The summed E-state index contributed by atoms with van der Waals surface area (Å²) in [7, 11) is 1.77. The van der Waals surface area contributed by atoms with E-state index in [9.17, 15) is 8.78 Å². The SMILES string of the molecule is CCc1cc(C(N)c2cc(F)cc(F)c2)n(C)n1. The molecule has 0 aliphatic carbocycles. The third-order valence-corrected chi connectivity index (χ3v) is 2.89. The van der Waals surface area contributed by atoms with Gasteiger partial charge in [0.2, 0.25) is 0 Å². The second kappa shape index (κ2) is 4.86. The Kier molecular flexibility index (Phi) is 3.43. The largest absolute Gasteiger partial charge is 0.319 e. The first-order valence-electron chi connectivity index (χ1n) is 5.75. The Morgan fingerprint density at radius 3 is 2.33 bits per heavy atom. The lowest BCUT2D eigenvalue weighted by atomic mass is 10.0. The second-order valence-corrected chi connectivity index (χ2v) is 4.22. The van der Waals surface area contributed by atoms with Crippen LogP contribution in [-0.2, 0) is 13.5 Å². The van der Waals surface area contributed by atoms with E-state index in [1.54, 1.807) is 11.7 Å². The first-order chi connectivity index (χ1) is 8.51. The van der Waals surface area contributed by atoms with E-state index in [4.69, 9.17) is 5.73 Å². The fourth-order valence-corrected chi connectivity index (χ4v) is 1.93. The molecule has 0 bridgehead atoms. The molecule has 1 unspecified atom stereocenters. The third kappa shape index (κ3) is 2.41. The fourth-order valence-electron chi connectivity index (χ4n) is 1.93. The Morgan fingerprint density at radius 1 is 1.22 bits per heavy atom. The van der Waals surface area contributed by atoms with Crippen molar-refractivity contribution in [2.75, 3.05) is 0 Å². The van der Waals surface area contributed by atoms with Gasteiger partial charge in [-0.2, -0.15) is 5.10 Å². The average Bonchev–Trinajstić information content (AvgIpc) is 2.68. The summed E-state index contributed by atoms with van der Waals surface area (Å²) >= 11 is 0. The molecule has 18 heavy (non-hydrogen) atoms. The molecular weight excluding hydrogens is 236 g/mol. The number of rotatable bonds is 3. The number of halogens is 2. The van der Waals surface area contributed by atoms with Gasteiger partial charge in [0, 0.05) is 13.1 Å². The van der Waals surface area contributed by atoms with E-state index in [1.807, 2.05) is 13.0 Å². The highest BCUT2D eigenvalue weighted by atomic mass is 19.1. The van der Waals surface area contributed by atoms with Crippen LogP contribution >= 0.6 is 0 Å². The third-order valence-electron chi connectivity index (χ3n) is 2.89. The lowest BCUT2D eigenvalue weighted by Crippen LogP contribution is -2.16. The summed E-state index contributed by atoms with van der Waals surface area (Å²) in [6.45, 7) is 1.99. The molecule has 3 nitrogen and oxygen atoms in total. The standard InChI is InChI=1S/C13H15F2N3/c1-3-11-7-12(18(2)17-11)13(16)8-4-9(14)6-10(15)5-8/h4-7,13H,3,16H2,1-2H3. The van der Waals surface area contributed by atoms with E-state index in [2.05, 4.69) is 5.10 Å². The molecule has 1 aromatic carbocycles. The van der Waals surface area contributed by atoms with Crippen LogP contribution in [0.15, 0.2) is 24.3 Å². The van der Waals surface area contributed by atoms with Crippen molar-refractivity contribution in [1.29, 1.82) is 0 Å². The molecule has 1 aromatic heterocycles. The lowest BCUT2D eigenvalue weighted by molar-refractivity contribution is 0.574. The zero-order chi connectivity index (χ0) is 13.3. The van der Waals surface area contributed by atoms with Crippen LogP contribution in [-0.4, -0.2) is 9.78 Å². The van der Waals surface area contributed by atoms with Gasteiger partial charge in [-0.3, -0.25) is 4.68 Å². The Bertz CT molecular complexity index is 543. The molecule has 96 valence electrons. The Hall–Kier alpha value is -1.75. The summed E-state index contributed by atoms with van der Waals surface area (Å²) < 4.78 is 28.0. The van der Waals surface area contributed by atoms with Gasteiger partial charge in [0.15, 0.2) is 0 Å². The Labute approximate surface area is 104 Å². The predicted octanol–water partition coefficient (Wildman–Crippen LogP) is 2.31. The summed E-state index contributed by atoms with van der Waals surface area (Å²) in [5, 5.41) is 4.27. The van der Waals surface area contributed by atoms with Gasteiger partial charge in [-0.05, 0) is 30.2 Å². The van der Waals surface area contributed by atoms with Crippen LogP contribution in [0.1, 0.15) is 29.9 Å². The van der Waals surface area contributed by atoms with E-state index in [1.165, 1.54) is 12.1 Å². The van der Waals surface area contributed by atoms with Crippen LogP contribution in [0.5, 0.6) is 0 Å². The molecule has 1 atom stereocenters. The molecule has 0 spiro atoms. The zero-order valence-electron chi connectivity index (χ0n) is 10.3. The van der Waals surface area contributed by atoms with E-state index in [0.29, 0.717) is 5.56 Å². The number of nitrogens with zero attached hydrogens (tertiary/aromatic N) is 2. The van der Waals surface area contributed by atoms with Crippen molar-refractivity contribution in [2.45, 2.75) is 19.4 Å². The highest BCUT2D eigenvalue weighted by Crippen LogP contribution is 2.22. The first-order valence-corrected chi connectivity index (χ1v) is 5.75. The van der Waals surface area contributed by atoms with Gasteiger partial charge >= 0.3 is 0 Å². The normalized spacial score (nSPS) is 12.7. The maximum absolute atomic E-state index is 13.2. The quantitative estimate of drug-likeness (QED) is 0.909. The maximum atomic E-state index is 13.2. The summed E-state index contributed by atoms with van der Waals surface area (Å²) in [6, 6.07) is 4.58. The van der Waals surface area contributed by atoms with Crippen molar-refractivity contribution in [3.05, 3.63) is 52.9 Å². The summed E-state index contributed by atoms with van der Waals surface area (Å²) in [6.07, 6.45) is 0.790. The molecule has 0 saturated carbocycles. The number of aromatic nitrogens is 2. The predicted molar refractivity (Wildman–Crippen MR) is 65.0 cm³/mol. The van der Waals surface area contributed by atoms with Gasteiger partial charge in [0.1, 0.15) is 11.6 Å². The fraction of sp³-hybridized carbons (Fsp3) is 0.308. The van der Waals surface area contributed by atoms with Gasteiger partial charge in [-0.25, -0.2) is 8.78 Å². The molecule has 2 aromatic rings. The van der Waals surface area contributed by atoms with Crippen molar-refractivity contribution in [3.63, 3.8) is 0 Å². The van der Waals surface area contributed by atoms with Gasteiger partial charge < -0.3 is 5.73 Å². The van der Waals surface area contributed by atoms with Crippen molar-refractivity contribution in [3.8, 4) is 0 Å². The van der Waals surface area contributed by atoms with E-state index < -0.39 is 17.7 Å². The lowest BCUT2D eigenvalue weighted by Gasteiger charge is -2.12. The zero-order valence-corrected chi connectivity index (χ0v) is 10.3. The number of nitrogens with two attached hydrogens (primary N) is 1. The monoisotopic (exact) mass is 251 g/mol. The van der Waals surface area contributed by atoms with Crippen molar-refractivity contribution >= 4 is 0 Å². The molecule has 5 heteroatoms. The molecule has 2 rings (SSSR count). The van der Waals surface area contributed by atoms with Crippen LogP contribution in [0.25, 0.3) is 0 Å². The number of benzene rings is 1. The van der Waals surface area contributed by atoms with Crippen molar-refractivity contribution < 1.29 is 8.78 Å². The van der Waals surface area contributed by atoms with Crippen LogP contribution in [0.4, 0.5) is 8.78 Å². The van der Waals surface area contributed by atoms with Crippen LogP contribution in [0.3, 0.4) is 0 Å². The highest BCUT2D eigenvalue weighted by Gasteiger charge is 2.16. The van der Waals surface area contributed by atoms with E-state index in [-0.39, 0.29) is 0 Å². The van der Waals surface area contributed by atoms with E-state index in [0.717, 1.165) is 23.9 Å². The molecule has 0 amide bonds. The van der Waals surface area contributed by atoms with Crippen molar-refractivity contribution in [1.82, 2.24) is 9.78 Å². The molecule has 0 aliphatic heterocycles. The average molecular weight is 251 g/mol. The minimum Gasteiger partial charge on any atom is -0.319 e. The van der Waals surface area contributed by atoms with Crippen LogP contribution in [0, 0.1) is 11.6 Å². The van der Waals surface area contributed by atoms with E-state index >= 15 is 0 Å². The van der Waals surface area contributed by atoms with Crippen LogP contribution in [0.2, 0.25) is 0 Å². The number of hydrogen-bond donors (Lipinski definition) is 1. The molecule has 0 radical (unpaired) electrons. The number of hydrogen-bond acceptors (Lipinski definition) is 2. The number of aryl methyl sites for hydroxylation is 2. The Balaban J connectivity index is 2.40. The first kappa shape index (κ1) is 12.7. The highest BCUT2D eigenvalue weighted by molar-refractivity contribution is 5.29. The molecule has 0 saturated heterocycles. The minimum atomic E-state index is -0.627. The van der Waals surface area contributed by atoms with Gasteiger partial charge in [0.05, 0.1) is 17.4 Å². The molecule has 1 heterocycles. The second-order valence-electron chi connectivity index (χ2n) is 4.22. The minimum absolute atomic E-state index is 0.401. The maximum Gasteiger partial charge on any atom is 0.126 e. The smallest absolute Gasteiger partial charge is 0.126 e. The molecule has 2 N–H and O–H groups in total. The van der Waals surface area contributed by atoms with Gasteiger partial charge in [0.25, 0.3) is 0 Å². The molecule has 0 fully saturated rings. The summed E-state index contributed by atoms with van der Waals surface area (Å²) in [4.78, 5) is 0. The summed E-state index contributed by atoms with van der Waals surface area (Å²) in [5.74, 6) is -1.25. The topological polar surface area (TPSA) is 43.8 Å². The summed E-state index contributed by atoms with van der Waals surface area (Å²) in [5.41, 5.74) is 8.07. The van der Waals surface area contributed by atoms with Gasteiger partial charge in [-0.15, -0.1) is 0 Å².